The molecule has 0 aromatic heterocycles. The maximum Gasteiger partial charge on any atom is 0.244 e. The van der Waals surface area contributed by atoms with Gasteiger partial charge in [0.05, 0.1) is 6.04 Å². The number of benzene rings is 2. The predicted molar refractivity (Wildman–Crippen MR) is 96.8 cm³/mol. The number of hydrogen-bond acceptors (Lipinski definition) is 2. The van der Waals surface area contributed by atoms with Crippen molar-refractivity contribution in [3.63, 3.8) is 0 Å². The van der Waals surface area contributed by atoms with Crippen LogP contribution in [0.15, 0.2) is 48.5 Å². The molecule has 0 radical (unpaired) electrons. The molecule has 3 nitrogen and oxygen atoms in total. The number of fused-ring (bicyclic) bond motifs is 1. The maximum absolute atomic E-state index is 12.9. The molecular weight excluding hydrogens is 317 g/mol. The van der Waals surface area contributed by atoms with Gasteiger partial charge in [-0.15, -0.1) is 0 Å². The molecule has 0 saturated heterocycles. The van der Waals surface area contributed by atoms with Crippen molar-refractivity contribution in [1.29, 1.82) is 0 Å². The second-order valence-corrected chi connectivity index (χ2v) is 7.05. The van der Waals surface area contributed by atoms with E-state index in [-0.39, 0.29) is 23.4 Å². The van der Waals surface area contributed by atoms with E-state index < -0.39 is 0 Å². The molecular formula is C21H22FNO2. The minimum Gasteiger partial charge on any atom is -0.487 e. The van der Waals surface area contributed by atoms with Gasteiger partial charge in [-0.1, -0.05) is 29.8 Å². The quantitative estimate of drug-likeness (QED) is 0.832. The molecule has 1 unspecified atom stereocenters. The molecule has 0 saturated carbocycles. The zero-order chi connectivity index (χ0) is 18.0. The van der Waals surface area contributed by atoms with Crippen LogP contribution in [-0.2, 0) is 4.79 Å². The number of rotatable bonds is 3. The number of carbonyl (C=O) groups is 1. The average molecular weight is 339 g/mol. The fraction of sp³-hybridized carbons (Fsp3) is 0.286. The standard InChI is InChI=1S/C21H22FNO2/c1-14-4-10-19-17(12-14)18(13-21(2,3)25-19)23-20(24)11-7-15-5-8-16(22)9-6-15/h4-12,18H,13H2,1-3H3,(H,23,24)/b11-7+. The molecule has 1 atom stereocenters. The number of carbonyl (C=O) groups excluding carboxylic acids is 1. The fourth-order valence-corrected chi connectivity index (χ4v) is 3.07. The summed E-state index contributed by atoms with van der Waals surface area (Å²) in [6.07, 6.45) is 3.85. The third kappa shape index (κ3) is 4.27. The molecule has 1 N–H and O–H groups in total. The van der Waals surface area contributed by atoms with Gasteiger partial charge in [0.2, 0.25) is 5.91 Å². The Morgan fingerprint density at radius 2 is 1.96 bits per heavy atom. The summed E-state index contributed by atoms with van der Waals surface area (Å²) >= 11 is 0. The van der Waals surface area contributed by atoms with Crippen LogP contribution in [0.4, 0.5) is 4.39 Å². The van der Waals surface area contributed by atoms with Crippen molar-refractivity contribution >= 4 is 12.0 Å². The van der Waals surface area contributed by atoms with Crippen LogP contribution in [-0.4, -0.2) is 11.5 Å². The molecule has 3 rings (SSSR count). The average Bonchev–Trinajstić information content (AvgIpc) is 2.54. The molecule has 1 aliphatic heterocycles. The van der Waals surface area contributed by atoms with Gasteiger partial charge in [0.25, 0.3) is 0 Å². The van der Waals surface area contributed by atoms with E-state index in [0.29, 0.717) is 6.42 Å². The molecule has 25 heavy (non-hydrogen) atoms. The van der Waals surface area contributed by atoms with Crippen molar-refractivity contribution in [2.24, 2.45) is 0 Å². The van der Waals surface area contributed by atoms with Gasteiger partial charge in [0.15, 0.2) is 0 Å². The van der Waals surface area contributed by atoms with Gasteiger partial charge >= 0.3 is 0 Å². The van der Waals surface area contributed by atoms with Gasteiger partial charge in [-0.2, -0.15) is 0 Å². The summed E-state index contributed by atoms with van der Waals surface area (Å²) in [7, 11) is 0. The molecule has 0 spiro atoms. The molecule has 4 heteroatoms. The van der Waals surface area contributed by atoms with Gasteiger partial charge in [0, 0.05) is 18.1 Å². The smallest absolute Gasteiger partial charge is 0.244 e. The fourth-order valence-electron chi connectivity index (χ4n) is 3.07. The number of hydrogen-bond donors (Lipinski definition) is 1. The first-order valence-electron chi connectivity index (χ1n) is 8.36. The second-order valence-electron chi connectivity index (χ2n) is 7.05. The first kappa shape index (κ1) is 17.2. The summed E-state index contributed by atoms with van der Waals surface area (Å²) in [6, 6.07) is 11.9. The van der Waals surface area contributed by atoms with E-state index in [0.717, 1.165) is 22.4 Å². The molecule has 2 aromatic carbocycles. The van der Waals surface area contributed by atoms with Crippen molar-refractivity contribution in [2.45, 2.75) is 38.8 Å². The number of amides is 1. The Bertz CT molecular complexity index is 809. The highest BCUT2D eigenvalue weighted by Gasteiger charge is 2.34. The van der Waals surface area contributed by atoms with Gasteiger partial charge in [0.1, 0.15) is 17.2 Å². The number of halogens is 1. The van der Waals surface area contributed by atoms with Crippen LogP contribution in [0.3, 0.4) is 0 Å². The van der Waals surface area contributed by atoms with Crippen LogP contribution >= 0.6 is 0 Å². The molecule has 2 aromatic rings. The van der Waals surface area contributed by atoms with E-state index >= 15 is 0 Å². The summed E-state index contributed by atoms with van der Waals surface area (Å²) in [5.74, 6) is 0.340. The molecule has 1 aliphatic rings. The van der Waals surface area contributed by atoms with Gasteiger partial charge < -0.3 is 10.1 Å². The monoisotopic (exact) mass is 339 g/mol. The molecule has 0 aliphatic carbocycles. The summed E-state index contributed by atoms with van der Waals surface area (Å²) in [5, 5.41) is 3.06. The first-order valence-corrected chi connectivity index (χ1v) is 8.36. The minimum atomic E-state index is -0.346. The lowest BCUT2D eigenvalue weighted by atomic mass is 9.89. The summed E-state index contributed by atoms with van der Waals surface area (Å²) in [6.45, 7) is 6.06. The van der Waals surface area contributed by atoms with Crippen molar-refractivity contribution in [2.75, 3.05) is 0 Å². The van der Waals surface area contributed by atoms with Crippen LogP contribution in [0, 0.1) is 12.7 Å². The van der Waals surface area contributed by atoms with E-state index in [1.165, 1.54) is 18.2 Å². The lowest BCUT2D eigenvalue weighted by molar-refractivity contribution is -0.117. The molecule has 1 amide bonds. The third-order valence-electron chi connectivity index (χ3n) is 4.24. The Hall–Kier alpha value is -2.62. The van der Waals surface area contributed by atoms with Crippen molar-refractivity contribution in [3.05, 3.63) is 71.0 Å². The van der Waals surface area contributed by atoms with E-state index in [2.05, 4.69) is 11.4 Å². The molecule has 0 bridgehead atoms. The van der Waals surface area contributed by atoms with Crippen molar-refractivity contribution < 1.29 is 13.9 Å². The SMILES string of the molecule is Cc1ccc2c(c1)C(NC(=O)/C=C/c1ccc(F)cc1)CC(C)(C)O2. The summed E-state index contributed by atoms with van der Waals surface area (Å²) in [4.78, 5) is 12.3. The third-order valence-corrected chi connectivity index (χ3v) is 4.24. The van der Waals surface area contributed by atoms with Gasteiger partial charge in [-0.05, 0) is 50.6 Å². The van der Waals surface area contributed by atoms with E-state index in [1.807, 2.05) is 32.9 Å². The highest BCUT2D eigenvalue weighted by atomic mass is 19.1. The van der Waals surface area contributed by atoms with Crippen LogP contribution < -0.4 is 10.1 Å². The van der Waals surface area contributed by atoms with E-state index in [4.69, 9.17) is 4.74 Å². The first-order chi connectivity index (χ1) is 11.8. The lowest BCUT2D eigenvalue weighted by Gasteiger charge is -2.38. The largest absolute Gasteiger partial charge is 0.487 e. The summed E-state index contributed by atoms with van der Waals surface area (Å²) in [5.41, 5.74) is 2.56. The van der Waals surface area contributed by atoms with Crippen molar-refractivity contribution in [3.8, 4) is 5.75 Å². The normalized spacial score (nSPS) is 18.5. The maximum atomic E-state index is 12.9. The molecule has 130 valence electrons. The Balaban J connectivity index is 1.76. The predicted octanol–water partition coefficient (Wildman–Crippen LogP) is 4.57. The van der Waals surface area contributed by atoms with E-state index in [1.54, 1.807) is 18.2 Å². The van der Waals surface area contributed by atoms with Gasteiger partial charge in [-0.25, -0.2) is 4.39 Å². The molecule has 0 fully saturated rings. The van der Waals surface area contributed by atoms with Crippen LogP contribution in [0.2, 0.25) is 0 Å². The van der Waals surface area contributed by atoms with Crippen LogP contribution in [0.1, 0.15) is 43.0 Å². The Morgan fingerprint density at radius 3 is 2.68 bits per heavy atom. The Kier molecular flexibility index (Phi) is 4.62. The zero-order valence-electron chi connectivity index (χ0n) is 14.7. The summed E-state index contributed by atoms with van der Waals surface area (Å²) < 4.78 is 18.9. The lowest BCUT2D eigenvalue weighted by Crippen LogP contribution is -2.41. The number of aryl methyl sites for hydroxylation is 1. The van der Waals surface area contributed by atoms with Crippen molar-refractivity contribution in [1.82, 2.24) is 5.32 Å². The van der Waals surface area contributed by atoms with E-state index in [9.17, 15) is 9.18 Å². The number of ether oxygens (including phenoxy) is 1. The topological polar surface area (TPSA) is 38.3 Å². The second kappa shape index (κ2) is 6.71. The highest BCUT2D eigenvalue weighted by molar-refractivity contribution is 5.92. The zero-order valence-corrected chi connectivity index (χ0v) is 14.7. The van der Waals surface area contributed by atoms with Crippen LogP contribution in [0.25, 0.3) is 6.08 Å². The highest BCUT2D eigenvalue weighted by Crippen LogP contribution is 2.39. The number of nitrogens with one attached hydrogen (secondary N) is 1. The minimum absolute atomic E-state index is 0.107. The Labute approximate surface area is 147 Å². The van der Waals surface area contributed by atoms with Gasteiger partial charge in [-0.3, -0.25) is 4.79 Å². The Morgan fingerprint density at radius 1 is 1.24 bits per heavy atom. The molecule has 1 heterocycles. The van der Waals surface area contributed by atoms with Crippen LogP contribution in [0.5, 0.6) is 5.75 Å².